The third-order valence-corrected chi connectivity index (χ3v) is 2.55. The highest BCUT2D eigenvalue weighted by Crippen LogP contribution is 2.03. The molecule has 0 spiro atoms. The van der Waals surface area contributed by atoms with Crippen LogP contribution in [0.4, 0.5) is 4.39 Å². The van der Waals surface area contributed by atoms with E-state index < -0.39 is 15.8 Å². The molecule has 0 aliphatic heterocycles. The fourth-order valence-corrected chi connectivity index (χ4v) is 1.41. The molecule has 8 heteroatoms. The smallest absolute Gasteiger partial charge is 0.210 e. The van der Waals surface area contributed by atoms with Gasteiger partial charge in [0.2, 0.25) is 10.0 Å². The quantitative estimate of drug-likeness (QED) is 0.351. The zero-order valence-corrected chi connectivity index (χ0v) is 9.98. The van der Waals surface area contributed by atoms with Crippen molar-refractivity contribution in [3.05, 3.63) is 29.3 Å². The first-order valence-corrected chi connectivity index (χ1v) is 6.47. The van der Waals surface area contributed by atoms with Gasteiger partial charge >= 0.3 is 0 Å². The number of nitrogens with two attached hydrogens (primary N) is 1. The van der Waals surface area contributed by atoms with E-state index in [0.717, 1.165) is 12.3 Å². The Morgan fingerprint density at radius 1 is 1.56 bits per heavy atom. The minimum atomic E-state index is -3.54. The lowest BCUT2D eigenvalue weighted by molar-refractivity contribution is 0.321. The highest BCUT2D eigenvalue weighted by Gasteiger charge is 2.02. The molecule has 1 aromatic rings. The standard InChI is InChI=1S/C10H10FN3O3S/c11-9-5-4-8(14-10(9)7-13-15)3-1-2-6-18(12,16)17/h4-5,7,15H,2,6H2,(H2,12,16,17)/b13-7+. The van der Waals surface area contributed by atoms with E-state index in [1.165, 1.54) is 6.07 Å². The van der Waals surface area contributed by atoms with Gasteiger partial charge in [-0.2, -0.15) is 0 Å². The summed E-state index contributed by atoms with van der Waals surface area (Å²) in [6, 6.07) is 2.45. The van der Waals surface area contributed by atoms with Gasteiger partial charge in [-0.3, -0.25) is 0 Å². The lowest BCUT2D eigenvalue weighted by Crippen LogP contribution is -2.15. The van der Waals surface area contributed by atoms with Crippen molar-refractivity contribution in [2.75, 3.05) is 5.75 Å². The predicted octanol–water partition coefficient (Wildman–Crippen LogP) is 0.0589. The number of sulfonamides is 1. The molecule has 0 atom stereocenters. The van der Waals surface area contributed by atoms with Gasteiger partial charge in [-0.1, -0.05) is 11.1 Å². The van der Waals surface area contributed by atoms with Crippen LogP contribution in [0.15, 0.2) is 17.3 Å². The minimum Gasteiger partial charge on any atom is -0.411 e. The number of pyridine rings is 1. The van der Waals surface area contributed by atoms with Gasteiger partial charge in [-0.15, -0.1) is 0 Å². The van der Waals surface area contributed by atoms with Gasteiger partial charge < -0.3 is 5.21 Å². The molecule has 0 amide bonds. The summed E-state index contributed by atoms with van der Waals surface area (Å²) in [6.45, 7) is 0. The number of nitrogens with zero attached hydrogens (tertiary/aromatic N) is 2. The third-order valence-electron chi connectivity index (χ3n) is 1.78. The molecule has 0 unspecified atom stereocenters. The highest BCUT2D eigenvalue weighted by atomic mass is 32.2. The fraction of sp³-hybridized carbons (Fsp3) is 0.200. The maximum Gasteiger partial charge on any atom is 0.210 e. The molecule has 0 aliphatic rings. The van der Waals surface area contributed by atoms with E-state index in [9.17, 15) is 12.8 Å². The average molecular weight is 271 g/mol. The van der Waals surface area contributed by atoms with E-state index >= 15 is 0 Å². The van der Waals surface area contributed by atoms with Gasteiger partial charge in [-0.05, 0) is 18.1 Å². The average Bonchev–Trinajstić information content (AvgIpc) is 2.28. The number of primary sulfonamides is 1. The van der Waals surface area contributed by atoms with Crippen LogP contribution < -0.4 is 5.14 Å². The molecule has 18 heavy (non-hydrogen) atoms. The Labute approximate surface area is 103 Å². The molecule has 96 valence electrons. The van der Waals surface area contributed by atoms with Gasteiger partial charge in [0.15, 0.2) is 5.82 Å². The Bertz CT molecular complexity index is 617. The number of aromatic nitrogens is 1. The molecule has 1 heterocycles. The molecule has 1 rings (SSSR count). The zero-order chi connectivity index (χ0) is 13.6. The monoisotopic (exact) mass is 271 g/mol. The summed E-state index contributed by atoms with van der Waals surface area (Å²) in [5.74, 6) is 4.19. The van der Waals surface area contributed by atoms with Gasteiger partial charge in [0, 0.05) is 6.42 Å². The Hall–Kier alpha value is -1.98. The Kier molecular flexibility index (Phi) is 4.76. The number of rotatable bonds is 3. The highest BCUT2D eigenvalue weighted by molar-refractivity contribution is 7.89. The van der Waals surface area contributed by atoms with E-state index in [1.807, 2.05) is 0 Å². The van der Waals surface area contributed by atoms with E-state index in [0.29, 0.717) is 0 Å². The van der Waals surface area contributed by atoms with Crippen LogP contribution in [0, 0.1) is 17.7 Å². The van der Waals surface area contributed by atoms with Crippen molar-refractivity contribution in [3.63, 3.8) is 0 Å². The summed E-state index contributed by atoms with van der Waals surface area (Å²) in [7, 11) is -3.54. The first kappa shape index (κ1) is 14.1. The molecular weight excluding hydrogens is 261 g/mol. The largest absolute Gasteiger partial charge is 0.411 e. The zero-order valence-electron chi connectivity index (χ0n) is 9.17. The summed E-state index contributed by atoms with van der Waals surface area (Å²) in [5, 5.41) is 15.7. The number of hydrogen-bond acceptors (Lipinski definition) is 5. The molecule has 6 nitrogen and oxygen atoms in total. The van der Waals surface area contributed by atoms with Crippen LogP contribution in [-0.4, -0.2) is 30.6 Å². The Morgan fingerprint density at radius 2 is 2.28 bits per heavy atom. The van der Waals surface area contributed by atoms with Crippen molar-refractivity contribution in [3.8, 4) is 11.8 Å². The lowest BCUT2D eigenvalue weighted by Gasteiger charge is -1.95. The van der Waals surface area contributed by atoms with Crippen LogP contribution in [0.2, 0.25) is 0 Å². The first-order valence-electron chi connectivity index (χ1n) is 4.76. The number of halogens is 1. The number of hydrogen-bond donors (Lipinski definition) is 2. The van der Waals surface area contributed by atoms with Crippen LogP contribution in [0.3, 0.4) is 0 Å². The van der Waals surface area contributed by atoms with Gasteiger partial charge in [0.05, 0.1) is 12.0 Å². The summed E-state index contributed by atoms with van der Waals surface area (Å²) in [4.78, 5) is 3.76. The molecule has 0 aliphatic carbocycles. The molecule has 0 bridgehead atoms. The van der Waals surface area contributed by atoms with Crippen LogP contribution in [0.5, 0.6) is 0 Å². The fourth-order valence-electron chi connectivity index (χ4n) is 1.02. The van der Waals surface area contributed by atoms with Crippen LogP contribution in [0.1, 0.15) is 17.8 Å². The molecule has 0 radical (unpaired) electrons. The Balaban J connectivity index is 2.80. The summed E-state index contributed by atoms with van der Waals surface area (Å²) >= 11 is 0. The van der Waals surface area contributed by atoms with Crippen LogP contribution >= 0.6 is 0 Å². The molecule has 3 N–H and O–H groups in total. The topological polar surface area (TPSA) is 106 Å². The van der Waals surface area contributed by atoms with Gasteiger partial charge in [0.1, 0.15) is 11.4 Å². The molecule has 0 saturated carbocycles. The molecular formula is C10H10FN3O3S. The number of oxime groups is 1. The summed E-state index contributed by atoms with van der Waals surface area (Å²) in [5.41, 5.74) is 0.0801. The molecule has 0 fully saturated rings. The Morgan fingerprint density at radius 3 is 2.89 bits per heavy atom. The first-order chi connectivity index (χ1) is 8.42. The van der Waals surface area contributed by atoms with Gasteiger partial charge in [0.25, 0.3) is 0 Å². The normalized spacial score (nSPS) is 11.2. The summed E-state index contributed by atoms with van der Waals surface area (Å²) in [6.07, 6.45) is 0.895. The second-order valence-electron chi connectivity index (χ2n) is 3.23. The van der Waals surface area contributed by atoms with E-state index in [2.05, 4.69) is 22.0 Å². The van der Waals surface area contributed by atoms with E-state index in [1.54, 1.807) is 0 Å². The lowest BCUT2D eigenvalue weighted by atomic mass is 10.3. The third kappa shape index (κ3) is 4.90. The van der Waals surface area contributed by atoms with Crippen molar-refractivity contribution >= 4 is 16.2 Å². The van der Waals surface area contributed by atoms with E-state index in [4.69, 9.17) is 10.3 Å². The predicted molar refractivity (Wildman–Crippen MR) is 63.0 cm³/mol. The maximum atomic E-state index is 13.1. The molecule has 0 saturated heterocycles. The van der Waals surface area contributed by atoms with Crippen LogP contribution in [-0.2, 0) is 10.0 Å². The van der Waals surface area contributed by atoms with Crippen molar-refractivity contribution in [1.82, 2.24) is 4.98 Å². The minimum absolute atomic E-state index is 0.0569. The van der Waals surface area contributed by atoms with E-state index in [-0.39, 0.29) is 23.6 Å². The van der Waals surface area contributed by atoms with Gasteiger partial charge in [-0.25, -0.2) is 22.9 Å². The SMILES string of the molecule is NS(=O)(=O)CCC#Cc1ccc(F)c(/C=N/O)n1. The summed E-state index contributed by atoms with van der Waals surface area (Å²) < 4.78 is 34.3. The maximum absolute atomic E-state index is 13.1. The van der Waals surface area contributed by atoms with Crippen molar-refractivity contribution in [2.45, 2.75) is 6.42 Å². The second kappa shape index (κ2) is 6.09. The van der Waals surface area contributed by atoms with Crippen molar-refractivity contribution in [2.24, 2.45) is 10.3 Å². The van der Waals surface area contributed by atoms with Crippen LogP contribution in [0.25, 0.3) is 0 Å². The van der Waals surface area contributed by atoms with Crippen molar-refractivity contribution < 1.29 is 18.0 Å². The molecule has 1 aromatic heterocycles. The molecule has 0 aromatic carbocycles. The van der Waals surface area contributed by atoms with Crippen molar-refractivity contribution in [1.29, 1.82) is 0 Å². The second-order valence-corrected chi connectivity index (χ2v) is 4.96.